The van der Waals surface area contributed by atoms with Crippen molar-refractivity contribution in [2.75, 3.05) is 10.9 Å². The summed E-state index contributed by atoms with van der Waals surface area (Å²) in [5.41, 5.74) is 7.74. The van der Waals surface area contributed by atoms with Crippen LogP contribution in [0.4, 0.5) is 11.6 Å². The Kier molecular flexibility index (Phi) is 6.89. The van der Waals surface area contributed by atoms with Crippen LogP contribution in [0.15, 0.2) is 70.9 Å². The van der Waals surface area contributed by atoms with Gasteiger partial charge >= 0.3 is 0 Å². The van der Waals surface area contributed by atoms with E-state index in [9.17, 15) is 0 Å². The zero-order valence-electron chi connectivity index (χ0n) is 13.5. The van der Waals surface area contributed by atoms with Gasteiger partial charge in [0.25, 0.3) is 0 Å². The molecule has 0 amide bonds. The van der Waals surface area contributed by atoms with E-state index in [1.54, 1.807) is 24.6 Å². The first-order valence-corrected chi connectivity index (χ1v) is 9.78. The van der Waals surface area contributed by atoms with Crippen LogP contribution in [0, 0.1) is 7.14 Å². The lowest BCUT2D eigenvalue weighted by Crippen LogP contribution is -1.99. The van der Waals surface area contributed by atoms with Crippen molar-refractivity contribution in [2.24, 2.45) is 10.2 Å². The molecule has 1 heterocycles. The van der Waals surface area contributed by atoms with Gasteiger partial charge in [-0.25, -0.2) is 0 Å². The molecule has 6 nitrogen and oxygen atoms in total. The zero-order valence-corrected chi connectivity index (χ0v) is 17.8. The number of hydrazone groups is 2. The number of halogens is 2. The third-order valence-corrected chi connectivity index (χ3v) is 4.49. The van der Waals surface area contributed by atoms with Crippen molar-refractivity contribution in [2.45, 2.75) is 0 Å². The van der Waals surface area contributed by atoms with Gasteiger partial charge in [-0.1, -0.05) is 24.3 Å². The van der Waals surface area contributed by atoms with Crippen LogP contribution < -0.4 is 10.9 Å². The van der Waals surface area contributed by atoms with Gasteiger partial charge in [-0.05, 0) is 92.7 Å². The zero-order chi connectivity index (χ0) is 18.2. The van der Waals surface area contributed by atoms with Crippen LogP contribution in [0.3, 0.4) is 0 Å². The number of aromatic nitrogens is 2. The van der Waals surface area contributed by atoms with Crippen molar-refractivity contribution >= 4 is 69.2 Å². The average Bonchev–Trinajstić information content (AvgIpc) is 2.63. The summed E-state index contributed by atoms with van der Waals surface area (Å²) >= 11 is 4.53. The average molecular weight is 568 g/mol. The van der Waals surface area contributed by atoms with Crippen LogP contribution >= 0.6 is 45.2 Å². The van der Waals surface area contributed by atoms with Crippen molar-refractivity contribution < 1.29 is 0 Å². The molecule has 0 aliphatic heterocycles. The standard InChI is InChI=1S/C18H14I2N6/c19-15-5-1-3-13(9-15)11-21-23-17-7-8-18(26-25-17)24-22-12-14-4-2-6-16(20)10-14/h1-12H,(H,23,25)(H,24,26)/b21-11-,22-12-. The Morgan fingerprint density at radius 3 is 1.54 bits per heavy atom. The van der Waals surface area contributed by atoms with Crippen LogP contribution in [-0.4, -0.2) is 22.6 Å². The molecule has 3 aromatic rings. The second kappa shape index (κ2) is 9.57. The number of nitrogens with one attached hydrogen (secondary N) is 2. The molecule has 0 spiro atoms. The third kappa shape index (κ3) is 6.02. The van der Waals surface area contributed by atoms with E-state index in [1.165, 1.54) is 0 Å². The van der Waals surface area contributed by atoms with E-state index in [0.29, 0.717) is 11.6 Å². The van der Waals surface area contributed by atoms with E-state index < -0.39 is 0 Å². The molecule has 1 aromatic heterocycles. The van der Waals surface area contributed by atoms with E-state index in [2.05, 4.69) is 76.4 Å². The fourth-order valence-electron chi connectivity index (χ4n) is 1.97. The number of hydrogen-bond donors (Lipinski definition) is 2. The van der Waals surface area contributed by atoms with Crippen LogP contribution in [0.5, 0.6) is 0 Å². The number of hydrogen-bond acceptors (Lipinski definition) is 6. The Balaban J connectivity index is 1.53. The van der Waals surface area contributed by atoms with E-state index in [1.807, 2.05) is 48.5 Å². The molecule has 0 aliphatic rings. The van der Waals surface area contributed by atoms with Crippen LogP contribution in [0.25, 0.3) is 0 Å². The Morgan fingerprint density at radius 2 is 1.15 bits per heavy atom. The molecule has 8 heteroatoms. The smallest absolute Gasteiger partial charge is 0.168 e. The summed E-state index contributed by atoms with van der Waals surface area (Å²) in [4.78, 5) is 0. The maximum absolute atomic E-state index is 4.16. The monoisotopic (exact) mass is 568 g/mol. The van der Waals surface area contributed by atoms with Gasteiger partial charge in [0.1, 0.15) is 0 Å². The molecular weight excluding hydrogens is 554 g/mol. The lowest BCUT2D eigenvalue weighted by atomic mass is 10.2. The molecule has 2 N–H and O–H groups in total. The van der Waals surface area contributed by atoms with Crippen molar-refractivity contribution in [1.29, 1.82) is 0 Å². The quantitative estimate of drug-likeness (QED) is 0.260. The van der Waals surface area contributed by atoms with Gasteiger partial charge in [0.05, 0.1) is 12.4 Å². The predicted octanol–water partition coefficient (Wildman–Crippen LogP) is 4.58. The minimum Gasteiger partial charge on any atom is -0.260 e. The molecule has 0 saturated carbocycles. The molecular formula is C18H14I2N6. The normalized spacial score (nSPS) is 11.2. The highest BCUT2D eigenvalue weighted by Gasteiger charge is 1.96. The second-order valence-electron chi connectivity index (χ2n) is 5.15. The first-order chi connectivity index (χ1) is 12.7. The highest BCUT2D eigenvalue weighted by molar-refractivity contribution is 14.1. The van der Waals surface area contributed by atoms with Gasteiger partial charge in [-0.15, -0.1) is 10.2 Å². The van der Waals surface area contributed by atoms with E-state index in [4.69, 9.17) is 0 Å². The maximum Gasteiger partial charge on any atom is 0.168 e. The highest BCUT2D eigenvalue weighted by Crippen LogP contribution is 2.09. The number of rotatable bonds is 6. The molecule has 3 rings (SSSR count). The number of nitrogens with zero attached hydrogens (tertiary/aromatic N) is 4. The summed E-state index contributed by atoms with van der Waals surface area (Å²) in [5, 5.41) is 16.4. The number of anilines is 2. The summed E-state index contributed by atoms with van der Waals surface area (Å²) in [5.74, 6) is 1.11. The summed E-state index contributed by atoms with van der Waals surface area (Å²) in [7, 11) is 0. The molecule has 0 atom stereocenters. The van der Waals surface area contributed by atoms with E-state index in [0.717, 1.165) is 18.3 Å². The van der Waals surface area contributed by atoms with Crippen LogP contribution in [0.1, 0.15) is 11.1 Å². The van der Waals surface area contributed by atoms with Gasteiger partial charge in [0, 0.05) is 7.14 Å². The fraction of sp³-hybridized carbons (Fsp3) is 0. The fourth-order valence-corrected chi connectivity index (χ4v) is 3.11. The SMILES string of the molecule is Ic1cccc(/C=N\Nc2ccc(N/N=C\c3cccc(I)c3)nn2)c1. The summed E-state index contributed by atoms with van der Waals surface area (Å²) in [6.07, 6.45) is 3.48. The molecule has 130 valence electrons. The van der Waals surface area contributed by atoms with Crippen LogP contribution in [-0.2, 0) is 0 Å². The Labute approximate surface area is 178 Å². The Hall–Kier alpha value is -2.08. The highest BCUT2D eigenvalue weighted by atomic mass is 127. The molecule has 2 aromatic carbocycles. The van der Waals surface area contributed by atoms with Crippen molar-refractivity contribution in [1.82, 2.24) is 10.2 Å². The summed E-state index contributed by atoms with van der Waals surface area (Å²) < 4.78 is 2.32. The van der Waals surface area contributed by atoms with Crippen molar-refractivity contribution in [3.05, 3.63) is 78.9 Å². The van der Waals surface area contributed by atoms with Crippen molar-refractivity contribution in [3.8, 4) is 0 Å². The second-order valence-corrected chi connectivity index (χ2v) is 7.65. The van der Waals surface area contributed by atoms with Crippen molar-refractivity contribution in [3.63, 3.8) is 0 Å². The molecule has 26 heavy (non-hydrogen) atoms. The molecule has 0 radical (unpaired) electrons. The summed E-state index contributed by atoms with van der Waals surface area (Å²) in [6.45, 7) is 0. The molecule has 0 bridgehead atoms. The maximum atomic E-state index is 4.16. The van der Waals surface area contributed by atoms with Gasteiger partial charge in [-0.2, -0.15) is 10.2 Å². The van der Waals surface area contributed by atoms with Gasteiger partial charge < -0.3 is 0 Å². The largest absolute Gasteiger partial charge is 0.260 e. The molecule has 0 fully saturated rings. The molecule has 0 saturated heterocycles. The minimum atomic E-state index is 0.555. The van der Waals surface area contributed by atoms with E-state index in [-0.39, 0.29) is 0 Å². The summed E-state index contributed by atoms with van der Waals surface area (Å²) in [6, 6.07) is 19.6. The first kappa shape index (κ1) is 18.7. The van der Waals surface area contributed by atoms with Gasteiger partial charge in [-0.3, -0.25) is 10.9 Å². The van der Waals surface area contributed by atoms with Gasteiger partial charge in [0.15, 0.2) is 11.6 Å². The minimum absolute atomic E-state index is 0.555. The Morgan fingerprint density at radius 1 is 0.692 bits per heavy atom. The lowest BCUT2D eigenvalue weighted by molar-refractivity contribution is 1.01. The number of benzene rings is 2. The third-order valence-electron chi connectivity index (χ3n) is 3.15. The van der Waals surface area contributed by atoms with E-state index >= 15 is 0 Å². The van der Waals surface area contributed by atoms with Gasteiger partial charge in [0.2, 0.25) is 0 Å². The Bertz CT molecular complexity index is 848. The lowest BCUT2D eigenvalue weighted by Gasteiger charge is -2.01. The molecule has 0 unspecified atom stereocenters. The predicted molar refractivity (Wildman–Crippen MR) is 123 cm³/mol. The topological polar surface area (TPSA) is 74.6 Å². The first-order valence-electron chi connectivity index (χ1n) is 7.62. The molecule has 0 aliphatic carbocycles. The van der Waals surface area contributed by atoms with Crippen LogP contribution in [0.2, 0.25) is 0 Å².